The number of aryl methyl sites for hydroxylation is 1. The second-order valence-electron chi connectivity index (χ2n) is 4.70. The van der Waals surface area contributed by atoms with Crippen LogP contribution < -0.4 is 11.1 Å². The number of ether oxygens (including phenoxy) is 1. The molecular weight excluding hydrogens is 230 g/mol. The van der Waals surface area contributed by atoms with Gasteiger partial charge in [-0.3, -0.25) is 4.79 Å². The molecular formula is C13H19N3O2. The molecule has 1 fully saturated rings. The number of nitrogens with one attached hydrogen (secondary N) is 1. The molecule has 5 heteroatoms. The first-order chi connectivity index (χ1) is 8.65. The molecule has 1 aromatic heterocycles. The molecule has 0 spiro atoms. The molecule has 1 saturated heterocycles. The highest BCUT2D eigenvalue weighted by molar-refractivity contribution is 5.94. The third-order valence-electron chi connectivity index (χ3n) is 3.10. The average Bonchev–Trinajstić information content (AvgIpc) is 2.80. The average molecular weight is 249 g/mol. The number of nitrogen functional groups attached to an aromatic ring is 1. The van der Waals surface area contributed by atoms with E-state index in [1.165, 1.54) is 0 Å². The van der Waals surface area contributed by atoms with E-state index in [2.05, 4.69) is 10.3 Å². The number of aromatic nitrogens is 1. The van der Waals surface area contributed by atoms with Crippen LogP contribution in [-0.2, 0) is 4.74 Å². The van der Waals surface area contributed by atoms with Crippen LogP contribution in [0.15, 0.2) is 12.1 Å². The van der Waals surface area contributed by atoms with Gasteiger partial charge in [-0.2, -0.15) is 0 Å². The van der Waals surface area contributed by atoms with Crippen LogP contribution >= 0.6 is 0 Å². The molecule has 1 unspecified atom stereocenters. The Morgan fingerprint density at radius 2 is 2.44 bits per heavy atom. The summed E-state index contributed by atoms with van der Waals surface area (Å²) >= 11 is 0. The second kappa shape index (κ2) is 5.82. The molecule has 3 N–H and O–H groups in total. The van der Waals surface area contributed by atoms with Crippen molar-refractivity contribution in [2.24, 2.45) is 5.92 Å². The normalized spacial score (nSPS) is 18.8. The maximum absolute atomic E-state index is 11.9. The first kappa shape index (κ1) is 12.8. The van der Waals surface area contributed by atoms with Gasteiger partial charge in [0.15, 0.2) is 0 Å². The number of carbonyl (C=O) groups excluding carboxylic acids is 1. The number of nitrogens with two attached hydrogens (primary N) is 1. The first-order valence-electron chi connectivity index (χ1n) is 6.25. The van der Waals surface area contributed by atoms with Crippen molar-refractivity contribution < 1.29 is 9.53 Å². The van der Waals surface area contributed by atoms with Gasteiger partial charge in [0.25, 0.3) is 5.91 Å². The minimum absolute atomic E-state index is 0.0916. The lowest BCUT2D eigenvalue weighted by molar-refractivity contribution is 0.0950. The number of pyridine rings is 1. The molecule has 98 valence electrons. The smallest absolute Gasteiger partial charge is 0.251 e. The lowest BCUT2D eigenvalue weighted by Gasteiger charge is -2.09. The van der Waals surface area contributed by atoms with E-state index in [4.69, 9.17) is 10.5 Å². The number of carbonyl (C=O) groups is 1. The quantitative estimate of drug-likeness (QED) is 0.838. The van der Waals surface area contributed by atoms with Crippen LogP contribution in [0.2, 0.25) is 0 Å². The van der Waals surface area contributed by atoms with Crippen LogP contribution in [0.1, 0.15) is 28.9 Å². The molecule has 0 saturated carbocycles. The van der Waals surface area contributed by atoms with E-state index in [-0.39, 0.29) is 5.91 Å². The van der Waals surface area contributed by atoms with Gasteiger partial charge in [-0.15, -0.1) is 0 Å². The van der Waals surface area contributed by atoms with Gasteiger partial charge in [0.2, 0.25) is 0 Å². The summed E-state index contributed by atoms with van der Waals surface area (Å²) in [5.41, 5.74) is 6.94. The van der Waals surface area contributed by atoms with Crippen molar-refractivity contribution in [3.8, 4) is 0 Å². The van der Waals surface area contributed by atoms with Gasteiger partial charge >= 0.3 is 0 Å². The van der Waals surface area contributed by atoms with E-state index in [9.17, 15) is 4.79 Å². The van der Waals surface area contributed by atoms with E-state index >= 15 is 0 Å². The van der Waals surface area contributed by atoms with Crippen LogP contribution in [0.3, 0.4) is 0 Å². The molecule has 0 aromatic carbocycles. The number of nitrogens with zero attached hydrogens (tertiary/aromatic N) is 1. The highest BCUT2D eigenvalue weighted by Crippen LogP contribution is 2.15. The molecule has 1 aromatic rings. The summed E-state index contributed by atoms with van der Waals surface area (Å²) in [6, 6.07) is 3.34. The predicted octanol–water partition coefficient (Wildman–Crippen LogP) is 1.13. The molecule has 0 bridgehead atoms. The molecule has 0 radical (unpaired) electrons. The summed E-state index contributed by atoms with van der Waals surface area (Å²) in [5.74, 6) is 0.866. The molecule has 2 heterocycles. The summed E-state index contributed by atoms with van der Waals surface area (Å²) < 4.78 is 5.29. The Morgan fingerprint density at radius 3 is 3.11 bits per heavy atom. The van der Waals surface area contributed by atoms with Gasteiger partial charge < -0.3 is 15.8 Å². The molecule has 1 aliphatic rings. The number of hydrogen-bond acceptors (Lipinski definition) is 4. The van der Waals surface area contributed by atoms with E-state index in [1.807, 2.05) is 6.92 Å². The van der Waals surface area contributed by atoms with Crippen molar-refractivity contribution >= 4 is 11.7 Å². The monoisotopic (exact) mass is 249 g/mol. The van der Waals surface area contributed by atoms with Crippen molar-refractivity contribution in [1.29, 1.82) is 0 Å². The number of anilines is 1. The molecule has 0 aliphatic carbocycles. The summed E-state index contributed by atoms with van der Waals surface area (Å²) in [6.07, 6.45) is 2.06. The zero-order valence-electron chi connectivity index (χ0n) is 10.6. The highest BCUT2D eigenvalue weighted by Gasteiger charge is 2.15. The van der Waals surface area contributed by atoms with Crippen LogP contribution in [0.25, 0.3) is 0 Å². The predicted molar refractivity (Wildman–Crippen MR) is 69.3 cm³/mol. The van der Waals surface area contributed by atoms with Gasteiger partial charge in [-0.1, -0.05) is 0 Å². The van der Waals surface area contributed by atoms with Crippen molar-refractivity contribution in [1.82, 2.24) is 10.3 Å². The summed E-state index contributed by atoms with van der Waals surface area (Å²) in [7, 11) is 0. The fraction of sp³-hybridized carbons (Fsp3) is 0.538. The Labute approximate surface area is 107 Å². The highest BCUT2D eigenvalue weighted by atomic mass is 16.5. The van der Waals surface area contributed by atoms with Gasteiger partial charge in [0, 0.05) is 31.0 Å². The fourth-order valence-electron chi connectivity index (χ4n) is 2.13. The lowest BCUT2D eigenvalue weighted by Crippen LogP contribution is -2.26. The Hall–Kier alpha value is -1.62. The molecule has 2 rings (SSSR count). The van der Waals surface area contributed by atoms with Crippen LogP contribution in [0.4, 0.5) is 5.82 Å². The zero-order chi connectivity index (χ0) is 13.0. The van der Waals surface area contributed by atoms with Crippen LogP contribution in [0, 0.1) is 12.8 Å². The molecule has 18 heavy (non-hydrogen) atoms. The van der Waals surface area contributed by atoms with Crippen LogP contribution in [-0.4, -0.2) is 30.6 Å². The Kier molecular flexibility index (Phi) is 4.15. The topological polar surface area (TPSA) is 77.2 Å². The maximum atomic E-state index is 11.9. The number of amides is 1. The first-order valence-corrected chi connectivity index (χ1v) is 6.25. The number of hydrogen-bond donors (Lipinski definition) is 2. The van der Waals surface area contributed by atoms with E-state index in [1.54, 1.807) is 12.1 Å². The Bertz CT molecular complexity index is 408. The van der Waals surface area contributed by atoms with Crippen molar-refractivity contribution in [3.63, 3.8) is 0 Å². The van der Waals surface area contributed by atoms with Crippen LogP contribution in [0.5, 0.6) is 0 Å². The maximum Gasteiger partial charge on any atom is 0.251 e. The fourth-order valence-corrected chi connectivity index (χ4v) is 2.13. The second-order valence-corrected chi connectivity index (χ2v) is 4.70. The summed E-state index contributed by atoms with van der Waals surface area (Å²) in [5, 5.41) is 2.90. The summed E-state index contributed by atoms with van der Waals surface area (Å²) in [6.45, 7) is 4.16. The Balaban J connectivity index is 1.83. The van der Waals surface area contributed by atoms with E-state index in [0.717, 1.165) is 31.7 Å². The molecule has 1 aliphatic heterocycles. The van der Waals surface area contributed by atoms with Crippen molar-refractivity contribution in [2.75, 3.05) is 25.5 Å². The van der Waals surface area contributed by atoms with Gasteiger partial charge in [-0.05, 0) is 37.8 Å². The Morgan fingerprint density at radius 1 is 1.61 bits per heavy atom. The third-order valence-corrected chi connectivity index (χ3v) is 3.10. The van der Waals surface area contributed by atoms with Crippen molar-refractivity contribution in [2.45, 2.75) is 19.8 Å². The third kappa shape index (κ3) is 3.43. The van der Waals surface area contributed by atoms with Gasteiger partial charge in [-0.25, -0.2) is 4.98 Å². The standard InChI is InChI=1S/C13H19N3O2/c1-9-6-11(7-12(14)16-9)13(17)15-4-2-10-3-5-18-8-10/h6-7,10H,2-5,8H2,1H3,(H2,14,16)(H,15,17). The molecule has 1 amide bonds. The molecule has 5 nitrogen and oxygen atoms in total. The largest absolute Gasteiger partial charge is 0.384 e. The van der Waals surface area contributed by atoms with Crippen molar-refractivity contribution in [3.05, 3.63) is 23.4 Å². The zero-order valence-corrected chi connectivity index (χ0v) is 10.6. The van der Waals surface area contributed by atoms with E-state index < -0.39 is 0 Å². The summed E-state index contributed by atoms with van der Waals surface area (Å²) in [4.78, 5) is 15.9. The minimum atomic E-state index is -0.0916. The van der Waals surface area contributed by atoms with E-state index in [0.29, 0.717) is 23.8 Å². The van der Waals surface area contributed by atoms with Gasteiger partial charge in [0.05, 0.1) is 0 Å². The SMILES string of the molecule is Cc1cc(C(=O)NCCC2CCOC2)cc(N)n1. The minimum Gasteiger partial charge on any atom is -0.384 e. The number of rotatable bonds is 4. The molecule has 1 atom stereocenters. The van der Waals surface area contributed by atoms with Gasteiger partial charge in [0.1, 0.15) is 5.82 Å². The lowest BCUT2D eigenvalue weighted by atomic mass is 10.1.